The lowest BCUT2D eigenvalue weighted by Gasteiger charge is -2.23. The van der Waals surface area contributed by atoms with Crippen LogP contribution in [0.2, 0.25) is 0 Å². The fraction of sp³-hybridized carbons (Fsp3) is 0.0492. The molecule has 0 saturated heterocycles. The van der Waals surface area contributed by atoms with Crippen LogP contribution < -0.4 is 5.32 Å². The molecule has 0 aromatic heterocycles. The molecule has 0 aliphatic carbocycles. The van der Waals surface area contributed by atoms with Crippen molar-refractivity contribution in [1.29, 1.82) is 0 Å². The Bertz CT molecular complexity index is 3260. The Morgan fingerprint density at radius 2 is 0.703 bits per heavy atom. The third kappa shape index (κ3) is 7.80. The van der Waals surface area contributed by atoms with Gasteiger partial charge in [0.1, 0.15) is 11.7 Å². The Hall–Kier alpha value is -8.14. The van der Waals surface area contributed by atoms with Crippen molar-refractivity contribution in [3.63, 3.8) is 0 Å². The zero-order chi connectivity index (χ0) is 43.2. The first kappa shape index (κ1) is 40.0. The molecule has 0 radical (unpaired) electrons. The van der Waals surface area contributed by atoms with Gasteiger partial charge < -0.3 is 5.32 Å². The number of benzene rings is 10. The summed E-state index contributed by atoms with van der Waals surface area (Å²) in [6.45, 7) is 4.00. The number of hydrogen-bond donors (Lipinski definition) is 1. The van der Waals surface area contributed by atoms with Gasteiger partial charge in [-0.3, -0.25) is 0 Å². The van der Waals surface area contributed by atoms with Crippen LogP contribution >= 0.6 is 0 Å². The van der Waals surface area contributed by atoms with Crippen molar-refractivity contribution in [1.82, 2.24) is 5.32 Å². The van der Waals surface area contributed by atoms with E-state index in [0.29, 0.717) is 0 Å². The van der Waals surface area contributed by atoms with Crippen LogP contribution in [0.5, 0.6) is 0 Å². The van der Waals surface area contributed by atoms with E-state index >= 15 is 0 Å². The van der Waals surface area contributed by atoms with E-state index in [4.69, 9.17) is 9.98 Å². The van der Waals surface area contributed by atoms with Gasteiger partial charge in [0.2, 0.25) is 0 Å². The standard InChI is InChI=1S/C59H41N3.C2H6/c1-5-18-41(19-6-1)55(42-20-7-2-8-21-42)56(43-22-9-3-10-23-43)47-27-17-26-46(38-47)40-32-34-45(35-33-40)58-60-57(44-24-11-4-12-25-44)61-59(62-58)48-36-37-53-51-30-14-13-28-49(51)50-29-15-16-31-52(50)54(53)39-48;1-2/h1-39,58H,(H,60,61,62);1-2H3. The Labute approximate surface area is 375 Å². The van der Waals surface area contributed by atoms with Gasteiger partial charge in [0.05, 0.1) is 0 Å². The number of nitrogens with zero attached hydrogens (tertiary/aromatic N) is 2. The van der Waals surface area contributed by atoms with Crippen LogP contribution in [0.3, 0.4) is 0 Å². The van der Waals surface area contributed by atoms with Gasteiger partial charge in [-0.1, -0.05) is 238 Å². The molecule has 0 amide bonds. The van der Waals surface area contributed by atoms with E-state index in [9.17, 15) is 0 Å². The number of hydrogen-bond acceptors (Lipinski definition) is 3. The molecule has 10 aromatic rings. The summed E-state index contributed by atoms with van der Waals surface area (Å²) in [5.74, 6) is 1.60. The molecule has 11 rings (SSSR count). The predicted octanol–water partition coefficient (Wildman–Crippen LogP) is 15.3. The van der Waals surface area contributed by atoms with E-state index in [0.717, 1.165) is 45.1 Å². The van der Waals surface area contributed by atoms with Crippen LogP contribution in [0, 0.1) is 0 Å². The second kappa shape index (κ2) is 18.1. The molecule has 1 atom stereocenters. The monoisotopic (exact) mass is 821 g/mol. The van der Waals surface area contributed by atoms with E-state index in [-0.39, 0.29) is 0 Å². The summed E-state index contributed by atoms with van der Waals surface area (Å²) in [5.41, 5.74) is 12.4. The average Bonchev–Trinajstić information content (AvgIpc) is 3.39. The second-order valence-electron chi connectivity index (χ2n) is 15.7. The molecule has 1 unspecified atom stereocenters. The first-order valence-electron chi connectivity index (χ1n) is 22.2. The maximum absolute atomic E-state index is 5.31. The smallest absolute Gasteiger partial charge is 0.169 e. The summed E-state index contributed by atoms with van der Waals surface area (Å²) in [4.78, 5) is 10.5. The van der Waals surface area contributed by atoms with Crippen molar-refractivity contribution in [2.75, 3.05) is 0 Å². The summed E-state index contributed by atoms with van der Waals surface area (Å²) in [6.07, 6.45) is -0.433. The fourth-order valence-electron chi connectivity index (χ4n) is 8.97. The number of amidine groups is 2. The van der Waals surface area contributed by atoms with Crippen LogP contribution in [0.1, 0.15) is 59.0 Å². The highest BCUT2D eigenvalue weighted by Crippen LogP contribution is 2.39. The first-order chi connectivity index (χ1) is 31.7. The fourth-order valence-corrected chi connectivity index (χ4v) is 8.97. The molecule has 1 aliphatic heterocycles. The van der Waals surface area contributed by atoms with Crippen LogP contribution in [-0.2, 0) is 0 Å². The molecule has 1 heterocycles. The van der Waals surface area contributed by atoms with E-state index in [1.807, 2.05) is 19.9 Å². The average molecular weight is 822 g/mol. The van der Waals surface area contributed by atoms with Crippen molar-refractivity contribution in [3.8, 4) is 11.1 Å². The molecule has 3 nitrogen and oxygen atoms in total. The van der Waals surface area contributed by atoms with Crippen LogP contribution in [0.25, 0.3) is 54.6 Å². The normalized spacial score (nSPS) is 13.3. The highest BCUT2D eigenvalue weighted by molar-refractivity contribution is 6.26. The lowest BCUT2D eigenvalue weighted by Crippen LogP contribution is -2.36. The van der Waals surface area contributed by atoms with Crippen molar-refractivity contribution in [3.05, 3.63) is 276 Å². The zero-order valence-electron chi connectivity index (χ0n) is 36.0. The van der Waals surface area contributed by atoms with E-state index in [1.165, 1.54) is 60.2 Å². The molecule has 1 N–H and O–H groups in total. The quantitative estimate of drug-likeness (QED) is 0.120. The molecule has 64 heavy (non-hydrogen) atoms. The SMILES string of the molecule is CC.c1ccc(C2=NC(c3ccc(-c4cccc(C(=C(c5ccccc5)c5ccccc5)c5ccccc5)c4)cc3)N=C(c3ccc4c5ccccc5c5ccccc5c4c3)N2)cc1. The zero-order valence-corrected chi connectivity index (χ0v) is 36.0. The summed E-state index contributed by atoms with van der Waals surface area (Å²) in [6, 6.07) is 84.3. The van der Waals surface area contributed by atoms with Gasteiger partial charge in [-0.15, -0.1) is 0 Å². The van der Waals surface area contributed by atoms with Gasteiger partial charge in [-0.2, -0.15) is 0 Å². The van der Waals surface area contributed by atoms with Crippen molar-refractivity contribution in [2.24, 2.45) is 9.98 Å². The molecule has 1 aliphatic rings. The van der Waals surface area contributed by atoms with Crippen LogP contribution in [0.15, 0.2) is 247 Å². The van der Waals surface area contributed by atoms with Crippen molar-refractivity contribution < 1.29 is 0 Å². The van der Waals surface area contributed by atoms with Gasteiger partial charge in [-0.05, 0) is 94.5 Å². The third-order valence-corrected chi connectivity index (χ3v) is 11.9. The van der Waals surface area contributed by atoms with Crippen molar-refractivity contribution in [2.45, 2.75) is 20.0 Å². The molecule has 0 saturated carbocycles. The molecule has 10 aromatic carbocycles. The Morgan fingerprint density at radius 1 is 0.312 bits per heavy atom. The van der Waals surface area contributed by atoms with E-state index in [2.05, 4.69) is 236 Å². The van der Waals surface area contributed by atoms with Gasteiger partial charge in [0.15, 0.2) is 6.17 Å². The second-order valence-corrected chi connectivity index (χ2v) is 15.7. The lowest BCUT2D eigenvalue weighted by molar-refractivity contribution is 0.756. The highest BCUT2D eigenvalue weighted by Gasteiger charge is 2.22. The van der Waals surface area contributed by atoms with Gasteiger partial charge in [0, 0.05) is 11.1 Å². The van der Waals surface area contributed by atoms with E-state index in [1.54, 1.807) is 0 Å². The number of aliphatic imine (C=N–C) groups is 2. The van der Waals surface area contributed by atoms with Gasteiger partial charge in [-0.25, -0.2) is 9.98 Å². The summed E-state index contributed by atoms with van der Waals surface area (Å²) < 4.78 is 0. The minimum atomic E-state index is -0.433. The third-order valence-electron chi connectivity index (χ3n) is 11.9. The predicted molar refractivity (Wildman–Crippen MR) is 272 cm³/mol. The summed E-state index contributed by atoms with van der Waals surface area (Å²) in [7, 11) is 0. The molecule has 0 bridgehead atoms. The summed E-state index contributed by atoms with van der Waals surface area (Å²) >= 11 is 0. The van der Waals surface area contributed by atoms with Crippen molar-refractivity contribution >= 4 is 55.1 Å². The molecular weight excluding hydrogens is 775 g/mol. The number of rotatable bonds is 8. The van der Waals surface area contributed by atoms with Gasteiger partial charge in [0.25, 0.3) is 0 Å². The number of fused-ring (bicyclic) bond motifs is 6. The molecule has 306 valence electrons. The summed E-state index contributed by atoms with van der Waals surface area (Å²) in [5, 5.41) is 11.1. The Morgan fingerprint density at radius 3 is 1.23 bits per heavy atom. The lowest BCUT2D eigenvalue weighted by atomic mass is 9.85. The molecule has 3 heteroatoms. The topological polar surface area (TPSA) is 36.8 Å². The Balaban J connectivity index is 0.00000239. The van der Waals surface area contributed by atoms with Gasteiger partial charge >= 0.3 is 0 Å². The minimum absolute atomic E-state index is 0.433. The largest absolute Gasteiger partial charge is 0.324 e. The maximum Gasteiger partial charge on any atom is 0.169 e. The highest BCUT2D eigenvalue weighted by atomic mass is 15.2. The number of nitrogens with one attached hydrogen (secondary N) is 1. The van der Waals surface area contributed by atoms with Crippen LogP contribution in [0.4, 0.5) is 0 Å². The first-order valence-corrected chi connectivity index (χ1v) is 22.2. The maximum atomic E-state index is 5.31. The molecule has 0 spiro atoms. The molecular formula is C61H47N3. The minimum Gasteiger partial charge on any atom is -0.324 e. The molecule has 0 fully saturated rings. The Kier molecular flexibility index (Phi) is 11.3. The van der Waals surface area contributed by atoms with Crippen LogP contribution in [-0.4, -0.2) is 11.7 Å². The van der Waals surface area contributed by atoms with E-state index < -0.39 is 6.17 Å².